The molecule has 0 radical (unpaired) electrons. The van der Waals surface area contributed by atoms with Crippen molar-refractivity contribution < 1.29 is 0 Å². The number of guanidine groups is 1. The van der Waals surface area contributed by atoms with Crippen molar-refractivity contribution in [3.8, 4) is 0 Å². The van der Waals surface area contributed by atoms with Crippen LogP contribution in [0.2, 0.25) is 0 Å². The van der Waals surface area contributed by atoms with E-state index in [1.54, 1.807) is 0 Å². The van der Waals surface area contributed by atoms with Gasteiger partial charge >= 0.3 is 0 Å². The van der Waals surface area contributed by atoms with Crippen LogP contribution in [0.15, 0.2) is 53.8 Å². The molecule has 3 aromatic rings. The van der Waals surface area contributed by atoms with Crippen molar-refractivity contribution in [1.82, 2.24) is 35.1 Å². The van der Waals surface area contributed by atoms with Crippen molar-refractivity contribution in [2.24, 2.45) is 4.99 Å². The third kappa shape index (κ3) is 6.60. The Kier molecular flexibility index (Phi) is 9.01. The van der Waals surface area contributed by atoms with Crippen LogP contribution in [0.5, 0.6) is 0 Å². The predicted molar refractivity (Wildman–Crippen MR) is 134 cm³/mol. The van der Waals surface area contributed by atoms with E-state index in [0.29, 0.717) is 6.04 Å². The average molecular weight is 534 g/mol. The van der Waals surface area contributed by atoms with Crippen molar-refractivity contribution in [1.29, 1.82) is 0 Å². The van der Waals surface area contributed by atoms with Crippen LogP contribution < -0.4 is 10.6 Å². The van der Waals surface area contributed by atoms with Crippen LogP contribution in [-0.4, -0.2) is 63.2 Å². The van der Waals surface area contributed by atoms with Crippen molar-refractivity contribution >= 4 is 35.6 Å². The average Bonchev–Trinajstić information content (AvgIpc) is 3.21. The lowest BCUT2D eigenvalue weighted by Gasteiger charge is -2.32. The molecule has 0 saturated carbocycles. The van der Waals surface area contributed by atoms with Crippen LogP contribution in [0.25, 0.3) is 5.65 Å². The van der Waals surface area contributed by atoms with Gasteiger partial charge < -0.3 is 10.6 Å². The number of fused-ring (bicyclic) bond motifs is 1. The van der Waals surface area contributed by atoms with E-state index in [0.717, 1.165) is 75.0 Å². The van der Waals surface area contributed by atoms with Gasteiger partial charge in [-0.1, -0.05) is 12.1 Å². The van der Waals surface area contributed by atoms with Gasteiger partial charge in [-0.05, 0) is 43.5 Å². The molecule has 1 fully saturated rings. The Morgan fingerprint density at radius 2 is 1.97 bits per heavy atom. The SMILES string of the molecule is CN=C(NCCCc1nnc2ccccn12)NC1CCN(Cc2ccccn2)CC1.I. The Morgan fingerprint density at radius 3 is 2.74 bits per heavy atom. The zero-order chi connectivity index (χ0) is 20.6. The van der Waals surface area contributed by atoms with Crippen LogP contribution in [0, 0.1) is 0 Å². The topological polar surface area (TPSA) is 82.7 Å². The molecule has 8 nitrogen and oxygen atoms in total. The number of halogens is 1. The molecule has 1 aliphatic rings. The fourth-order valence-corrected chi connectivity index (χ4v) is 3.86. The van der Waals surface area contributed by atoms with Gasteiger partial charge in [0.2, 0.25) is 0 Å². The Morgan fingerprint density at radius 1 is 1.13 bits per heavy atom. The van der Waals surface area contributed by atoms with E-state index in [2.05, 4.69) is 47.8 Å². The van der Waals surface area contributed by atoms with Gasteiger partial charge in [0, 0.05) is 58.1 Å². The fraction of sp³-hybridized carbons (Fsp3) is 0.455. The lowest BCUT2D eigenvalue weighted by Crippen LogP contribution is -2.48. The standard InChI is InChI=1S/C22H30N8.HI/c1-23-22(25-13-6-9-21-28-27-20-8-3-5-14-30(20)21)26-18-10-15-29(16-11-18)17-19-7-2-4-12-24-19;/h2-5,7-8,12,14,18H,6,9-11,13,15-17H2,1H3,(H2,23,25,26);1H. The van der Waals surface area contributed by atoms with E-state index < -0.39 is 0 Å². The zero-order valence-corrected chi connectivity index (χ0v) is 20.3. The third-order valence-electron chi connectivity index (χ3n) is 5.52. The van der Waals surface area contributed by atoms with Gasteiger partial charge in [-0.15, -0.1) is 34.2 Å². The van der Waals surface area contributed by atoms with E-state index in [4.69, 9.17) is 0 Å². The maximum absolute atomic E-state index is 4.43. The second-order valence-corrected chi connectivity index (χ2v) is 7.66. The summed E-state index contributed by atoms with van der Waals surface area (Å²) in [6.45, 7) is 3.92. The number of likely N-dealkylation sites (tertiary alicyclic amines) is 1. The molecule has 31 heavy (non-hydrogen) atoms. The van der Waals surface area contributed by atoms with Gasteiger partial charge in [0.25, 0.3) is 0 Å². The van der Waals surface area contributed by atoms with Crippen molar-refractivity contribution in [3.63, 3.8) is 0 Å². The van der Waals surface area contributed by atoms with E-state index in [-0.39, 0.29) is 24.0 Å². The first kappa shape index (κ1) is 23.4. The molecule has 0 unspecified atom stereocenters. The van der Waals surface area contributed by atoms with Gasteiger partial charge in [0.05, 0.1) is 5.69 Å². The van der Waals surface area contributed by atoms with E-state index >= 15 is 0 Å². The van der Waals surface area contributed by atoms with Crippen LogP contribution in [0.1, 0.15) is 30.8 Å². The molecular formula is C22H31IN8. The molecule has 0 spiro atoms. The molecule has 3 aromatic heterocycles. The summed E-state index contributed by atoms with van der Waals surface area (Å²) >= 11 is 0. The Balaban J connectivity index is 0.00000272. The van der Waals surface area contributed by atoms with Crippen molar-refractivity contribution in [2.45, 2.75) is 38.3 Å². The zero-order valence-electron chi connectivity index (χ0n) is 17.9. The van der Waals surface area contributed by atoms with Gasteiger partial charge in [-0.25, -0.2) is 0 Å². The largest absolute Gasteiger partial charge is 0.356 e. The quantitative estimate of drug-likeness (QED) is 0.210. The summed E-state index contributed by atoms with van der Waals surface area (Å²) in [6.07, 6.45) is 7.95. The summed E-state index contributed by atoms with van der Waals surface area (Å²) in [5.74, 6) is 1.87. The molecule has 0 aliphatic carbocycles. The minimum Gasteiger partial charge on any atom is -0.356 e. The molecular weight excluding hydrogens is 503 g/mol. The lowest BCUT2D eigenvalue weighted by molar-refractivity contribution is 0.196. The summed E-state index contributed by atoms with van der Waals surface area (Å²) in [6, 6.07) is 12.5. The molecule has 0 atom stereocenters. The lowest BCUT2D eigenvalue weighted by atomic mass is 10.0. The molecule has 9 heteroatoms. The molecule has 166 valence electrons. The molecule has 4 rings (SSSR count). The number of nitrogens with zero attached hydrogens (tertiary/aromatic N) is 6. The highest BCUT2D eigenvalue weighted by molar-refractivity contribution is 14.0. The smallest absolute Gasteiger partial charge is 0.191 e. The minimum atomic E-state index is 0. The van der Waals surface area contributed by atoms with E-state index in [9.17, 15) is 0 Å². The molecule has 1 aliphatic heterocycles. The Labute approximate surface area is 200 Å². The number of aromatic nitrogens is 4. The Bertz CT molecular complexity index is 950. The first-order valence-electron chi connectivity index (χ1n) is 10.7. The highest BCUT2D eigenvalue weighted by Gasteiger charge is 2.20. The first-order valence-corrected chi connectivity index (χ1v) is 10.7. The number of rotatable bonds is 7. The predicted octanol–water partition coefficient (Wildman–Crippen LogP) is 2.50. The molecule has 1 saturated heterocycles. The molecule has 0 bridgehead atoms. The van der Waals surface area contributed by atoms with Gasteiger partial charge in [0.1, 0.15) is 5.82 Å². The molecule has 0 amide bonds. The van der Waals surface area contributed by atoms with Gasteiger partial charge in [0.15, 0.2) is 11.6 Å². The second-order valence-electron chi connectivity index (χ2n) is 7.66. The maximum Gasteiger partial charge on any atom is 0.191 e. The first-order chi connectivity index (χ1) is 14.8. The van der Waals surface area contributed by atoms with Gasteiger partial charge in [-0.2, -0.15) is 0 Å². The van der Waals surface area contributed by atoms with Crippen molar-refractivity contribution in [2.75, 3.05) is 26.7 Å². The maximum atomic E-state index is 4.43. The Hall–Kier alpha value is -2.27. The summed E-state index contributed by atoms with van der Waals surface area (Å²) in [5.41, 5.74) is 2.04. The van der Waals surface area contributed by atoms with E-state index in [1.807, 2.05) is 48.1 Å². The van der Waals surface area contributed by atoms with Crippen LogP contribution >= 0.6 is 24.0 Å². The van der Waals surface area contributed by atoms with Crippen LogP contribution in [-0.2, 0) is 13.0 Å². The number of hydrogen-bond donors (Lipinski definition) is 2. The van der Waals surface area contributed by atoms with Crippen LogP contribution in [0.3, 0.4) is 0 Å². The highest BCUT2D eigenvalue weighted by Crippen LogP contribution is 2.13. The van der Waals surface area contributed by atoms with Crippen molar-refractivity contribution in [3.05, 3.63) is 60.3 Å². The fourth-order valence-electron chi connectivity index (χ4n) is 3.86. The molecule has 0 aromatic carbocycles. The van der Waals surface area contributed by atoms with E-state index in [1.165, 1.54) is 0 Å². The normalized spacial score (nSPS) is 15.6. The number of aryl methyl sites for hydroxylation is 1. The molecule has 2 N–H and O–H groups in total. The third-order valence-corrected chi connectivity index (χ3v) is 5.52. The number of nitrogens with one attached hydrogen (secondary N) is 2. The van der Waals surface area contributed by atoms with Crippen LogP contribution in [0.4, 0.5) is 0 Å². The summed E-state index contributed by atoms with van der Waals surface area (Å²) in [7, 11) is 1.83. The monoisotopic (exact) mass is 534 g/mol. The summed E-state index contributed by atoms with van der Waals surface area (Å²) < 4.78 is 2.05. The van der Waals surface area contributed by atoms with Gasteiger partial charge in [-0.3, -0.25) is 19.3 Å². The number of hydrogen-bond acceptors (Lipinski definition) is 5. The number of piperidine rings is 1. The number of aliphatic imine (C=N–C) groups is 1. The minimum absolute atomic E-state index is 0. The summed E-state index contributed by atoms with van der Waals surface area (Å²) in [5, 5.41) is 15.5. The summed E-state index contributed by atoms with van der Waals surface area (Å²) in [4.78, 5) is 11.3. The highest BCUT2D eigenvalue weighted by atomic mass is 127. The second kappa shape index (κ2) is 11.9. The number of pyridine rings is 2. The molecule has 4 heterocycles.